The van der Waals surface area contributed by atoms with E-state index in [2.05, 4.69) is 45.7 Å². The van der Waals surface area contributed by atoms with Crippen molar-refractivity contribution in [1.82, 2.24) is 4.90 Å². The molecule has 3 rings (SSSR count). The smallest absolute Gasteiger partial charge is 0.266 e. The summed E-state index contributed by atoms with van der Waals surface area (Å²) >= 11 is 13.8. The van der Waals surface area contributed by atoms with Crippen LogP contribution in [0.5, 0.6) is 11.5 Å². The zero-order valence-electron chi connectivity index (χ0n) is 17.5. The van der Waals surface area contributed by atoms with Gasteiger partial charge >= 0.3 is 0 Å². The molecule has 164 valence electrons. The highest BCUT2D eigenvalue weighted by Gasteiger charge is 2.32. The zero-order valence-corrected chi connectivity index (χ0v) is 22.3. The predicted molar refractivity (Wildman–Crippen MR) is 139 cm³/mol. The Labute approximate surface area is 209 Å². The maximum Gasteiger partial charge on any atom is 0.266 e. The second-order valence-electron chi connectivity index (χ2n) is 7.36. The van der Waals surface area contributed by atoms with E-state index >= 15 is 0 Å². The Morgan fingerprint density at radius 2 is 1.87 bits per heavy atom. The van der Waals surface area contributed by atoms with Gasteiger partial charge < -0.3 is 9.47 Å². The first-order valence-corrected chi connectivity index (χ1v) is 12.7. The molecule has 0 spiro atoms. The average molecular weight is 585 g/mol. The van der Waals surface area contributed by atoms with Crippen LogP contribution < -0.4 is 9.47 Å². The SMILES string of the molecule is CCOc1cc(/C=C2\SC(=S)N(CC(C)C)C2=O)cc(Br)c1OCc1ccc(Br)cc1. The molecule has 2 aromatic carbocycles. The van der Waals surface area contributed by atoms with Gasteiger partial charge in [-0.2, -0.15) is 0 Å². The third kappa shape index (κ3) is 6.34. The van der Waals surface area contributed by atoms with Crippen LogP contribution in [0.4, 0.5) is 0 Å². The minimum Gasteiger partial charge on any atom is -0.490 e. The van der Waals surface area contributed by atoms with Gasteiger partial charge in [-0.15, -0.1) is 0 Å². The van der Waals surface area contributed by atoms with E-state index in [9.17, 15) is 4.79 Å². The number of benzene rings is 2. The van der Waals surface area contributed by atoms with Crippen molar-refractivity contribution in [3.8, 4) is 11.5 Å². The van der Waals surface area contributed by atoms with Gasteiger partial charge in [-0.05, 0) is 70.2 Å². The number of thioether (sulfide) groups is 1. The standard InChI is InChI=1S/C23H23Br2NO3S2/c1-4-28-19-10-16(11-20-22(27)26(12-14(2)3)23(30)31-20)9-18(25)21(19)29-13-15-5-7-17(24)8-6-15/h5-11,14H,4,12-13H2,1-3H3/b20-11-. The van der Waals surface area contributed by atoms with Crippen molar-refractivity contribution >= 4 is 72.1 Å². The molecule has 0 N–H and O–H groups in total. The summed E-state index contributed by atoms with van der Waals surface area (Å²) in [5.41, 5.74) is 1.90. The van der Waals surface area contributed by atoms with Crippen molar-refractivity contribution < 1.29 is 14.3 Å². The lowest BCUT2D eigenvalue weighted by Gasteiger charge is -2.16. The minimum absolute atomic E-state index is 0.0478. The summed E-state index contributed by atoms with van der Waals surface area (Å²) in [6.45, 7) is 7.61. The van der Waals surface area contributed by atoms with Crippen molar-refractivity contribution in [1.29, 1.82) is 0 Å². The van der Waals surface area contributed by atoms with E-state index in [-0.39, 0.29) is 5.91 Å². The summed E-state index contributed by atoms with van der Waals surface area (Å²) in [5.74, 6) is 1.56. The molecule has 1 amide bonds. The number of hydrogen-bond acceptors (Lipinski definition) is 5. The molecule has 0 aliphatic carbocycles. The maximum absolute atomic E-state index is 12.8. The molecule has 1 aliphatic rings. The van der Waals surface area contributed by atoms with Crippen LogP contribution in [0, 0.1) is 5.92 Å². The van der Waals surface area contributed by atoms with E-state index in [1.165, 1.54) is 11.8 Å². The predicted octanol–water partition coefficient (Wildman–Crippen LogP) is 7.05. The van der Waals surface area contributed by atoms with E-state index in [4.69, 9.17) is 21.7 Å². The van der Waals surface area contributed by atoms with Crippen LogP contribution in [-0.2, 0) is 11.4 Å². The van der Waals surface area contributed by atoms with Crippen molar-refractivity contribution in [3.63, 3.8) is 0 Å². The minimum atomic E-state index is -0.0478. The quantitative estimate of drug-likeness (QED) is 0.246. The summed E-state index contributed by atoms with van der Waals surface area (Å²) in [6, 6.07) is 11.8. The first-order chi connectivity index (χ1) is 14.8. The van der Waals surface area contributed by atoms with E-state index < -0.39 is 0 Å². The number of carbonyl (C=O) groups excluding carboxylic acids is 1. The number of rotatable bonds is 8. The number of halogens is 2. The second-order valence-corrected chi connectivity index (χ2v) is 10.8. The van der Waals surface area contributed by atoms with Crippen molar-refractivity contribution in [2.75, 3.05) is 13.2 Å². The topological polar surface area (TPSA) is 38.8 Å². The number of amides is 1. The molecule has 31 heavy (non-hydrogen) atoms. The van der Waals surface area contributed by atoms with Crippen molar-refractivity contribution in [2.45, 2.75) is 27.4 Å². The van der Waals surface area contributed by atoms with Crippen LogP contribution in [0.1, 0.15) is 31.9 Å². The molecule has 0 atom stereocenters. The highest BCUT2D eigenvalue weighted by molar-refractivity contribution is 9.10. The summed E-state index contributed by atoms with van der Waals surface area (Å²) in [7, 11) is 0. The van der Waals surface area contributed by atoms with Crippen LogP contribution in [0.2, 0.25) is 0 Å². The molecule has 0 aromatic heterocycles. The van der Waals surface area contributed by atoms with Crippen LogP contribution in [0.25, 0.3) is 6.08 Å². The number of nitrogens with zero attached hydrogens (tertiary/aromatic N) is 1. The number of carbonyl (C=O) groups is 1. The third-order valence-corrected chi connectivity index (χ3v) is 6.84. The molecule has 0 bridgehead atoms. The van der Waals surface area contributed by atoms with Crippen LogP contribution in [0.15, 0.2) is 50.2 Å². The molecular weight excluding hydrogens is 562 g/mol. The second kappa shape index (κ2) is 11.0. The summed E-state index contributed by atoms with van der Waals surface area (Å²) in [6.07, 6.45) is 1.85. The third-order valence-electron chi connectivity index (χ3n) is 4.35. The molecule has 1 aliphatic heterocycles. The van der Waals surface area contributed by atoms with Crippen LogP contribution >= 0.6 is 55.8 Å². The van der Waals surface area contributed by atoms with Gasteiger partial charge in [0.2, 0.25) is 0 Å². The fourth-order valence-corrected chi connectivity index (χ4v) is 5.10. The lowest BCUT2D eigenvalue weighted by atomic mass is 10.1. The van der Waals surface area contributed by atoms with Gasteiger partial charge in [0.15, 0.2) is 11.5 Å². The maximum atomic E-state index is 12.8. The van der Waals surface area contributed by atoms with E-state index in [0.29, 0.717) is 46.4 Å². The summed E-state index contributed by atoms with van der Waals surface area (Å²) in [5, 5.41) is 0. The van der Waals surface area contributed by atoms with Gasteiger partial charge in [0.05, 0.1) is 16.0 Å². The Hall–Kier alpha value is -1.35. The molecule has 2 aromatic rings. The Morgan fingerprint density at radius 3 is 2.52 bits per heavy atom. The number of thiocarbonyl (C=S) groups is 1. The van der Waals surface area contributed by atoms with E-state index in [1.54, 1.807) is 4.90 Å². The zero-order chi connectivity index (χ0) is 22.5. The largest absolute Gasteiger partial charge is 0.490 e. The van der Waals surface area contributed by atoms with Gasteiger partial charge in [0.1, 0.15) is 10.9 Å². The number of ether oxygens (including phenoxy) is 2. The van der Waals surface area contributed by atoms with Gasteiger partial charge in [0, 0.05) is 11.0 Å². The van der Waals surface area contributed by atoms with Crippen LogP contribution in [0.3, 0.4) is 0 Å². The summed E-state index contributed by atoms with van der Waals surface area (Å²) in [4.78, 5) is 15.1. The van der Waals surface area contributed by atoms with Crippen molar-refractivity contribution in [3.05, 3.63) is 61.4 Å². The fraction of sp³-hybridized carbons (Fsp3) is 0.304. The van der Waals surface area contributed by atoms with Crippen molar-refractivity contribution in [2.24, 2.45) is 5.92 Å². The Kier molecular flexibility index (Phi) is 8.61. The Bertz CT molecular complexity index is 1010. The highest BCUT2D eigenvalue weighted by Crippen LogP contribution is 2.40. The normalized spacial score (nSPS) is 15.3. The Morgan fingerprint density at radius 1 is 1.16 bits per heavy atom. The van der Waals surface area contributed by atoms with E-state index in [0.717, 1.165) is 20.1 Å². The van der Waals surface area contributed by atoms with Crippen LogP contribution in [-0.4, -0.2) is 28.3 Å². The lowest BCUT2D eigenvalue weighted by Crippen LogP contribution is -2.31. The highest BCUT2D eigenvalue weighted by atomic mass is 79.9. The molecule has 0 unspecified atom stereocenters. The van der Waals surface area contributed by atoms with Gasteiger partial charge in [-0.3, -0.25) is 9.69 Å². The van der Waals surface area contributed by atoms with Gasteiger partial charge in [-0.25, -0.2) is 0 Å². The van der Waals surface area contributed by atoms with Gasteiger partial charge in [-0.1, -0.05) is 65.9 Å². The average Bonchev–Trinajstić information content (AvgIpc) is 2.96. The monoisotopic (exact) mass is 583 g/mol. The van der Waals surface area contributed by atoms with E-state index in [1.807, 2.05) is 49.4 Å². The molecule has 0 radical (unpaired) electrons. The first-order valence-electron chi connectivity index (χ1n) is 9.87. The molecular formula is C23H23Br2NO3S2. The first kappa shape index (κ1) is 24.3. The number of hydrogen-bond donors (Lipinski definition) is 0. The molecule has 4 nitrogen and oxygen atoms in total. The van der Waals surface area contributed by atoms with Gasteiger partial charge in [0.25, 0.3) is 5.91 Å². The summed E-state index contributed by atoms with van der Waals surface area (Å²) < 4.78 is 14.3. The molecule has 8 heteroatoms. The fourth-order valence-electron chi connectivity index (χ4n) is 2.98. The molecule has 1 fully saturated rings. The lowest BCUT2D eigenvalue weighted by molar-refractivity contribution is -0.122. The Balaban J connectivity index is 1.84. The molecule has 1 saturated heterocycles. The molecule has 1 heterocycles. The molecule has 0 saturated carbocycles.